The van der Waals surface area contributed by atoms with Gasteiger partial charge in [0.1, 0.15) is 0 Å². The van der Waals surface area contributed by atoms with Crippen LogP contribution in [0.2, 0.25) is 5.02 Å². The molecular formula is C11H11ClO2. The molecule has 0 unspecified atom stereocenters. The van der Waals surface area contributed by atoms with Crippen molar-refractivity contribution >= 4 is 17.4 Å². The van der Waals surface area contributed by atoms with E-state index in [1.54, 1.807) is 24.3 Å². The summed E-state index contributed by atoms with van der Waals surface area (Å²) in [6.45, 7) is 2.41. The Labute approximate surface area is 88.1 Å². The molecule has 0 radical (unpaired) electrons. The summed E-state index contributed by atoms with van der Waals surface area (Å²) in [6, 6.07) is 6.80. The number of hydrogen-bond acceptors (Lipinski definition) is 2. The summed E-state index contributed by atoms with van der Waals surface area (Å²) in [5.41, 5.74) is 0.563. The molecule has 14 heavy (non-hydrogen) atoms. The standard InChI is InChI=1S/C11H11ClO2/c1-2-14-7-6-11(13)9-4-3-5-10(12)8-9/h3-8H,2H2,1H3/b7-6+. The zero-order valence-electron chi connectivity index (χ0n) is 7.87. The van der Waals surface area contributed by atoms with Gasteiger partial charge in [0, 0.05) is 16.7 Å². The van der Waals surface area contributed by atoms with E-state index < -0.39 is 0 Å². The second-order valence-electron chi connectivity index (χ2n) is 2.63. The minimum Gasteiger partial charge on any atom is -0.501 e. The average Bonchev–Trinajstić information content (AvgIpc) is 2.18. The molecule has 2 nitrogen and oxygen atoms in total. The van der Waals surface area contributed by atoms with Gasteiger partial charge >= 0.3 is 0 Å². The van der Waals surface area contributed by atoms with Gasteiger partial charge in [0.05, 0.1) is 12.9 Å². The topological polar surface area (TPSA) is 26.3 Å². The lowest BCUT2D eigenvalue weighted by Crippen LogP contribution is -1.94. The monoisotopic (exact) mass is 210 g/mol. The highest BCUT2D eigenvalue weighted by molar-refractivity contribution is 6.31. The van der Waals surface area contributed by atoms with Gasteiger partial charge in [-0.05, 0) is 19.1 Å². The third-order valence-corrected chi connectivity index (χ3v) is 1.83. The summed E-state index contributed by atoms with van der Waals surface area (Å²) in [7, 11) is 0. The zero-order chi connectivity index (χ0) is 10.4. The third-order valence-electron chi connectivity index (χ3n) is 1.59. The summed E-state index contributed by atoms with van der Waals surface area (Å²) in [4.78, 5) is 11.4. The van der Waals surface area contributed by atoms with Crippen LogP contribution in [0, 0.1) is 0 Å². The molecule has 3 heteroatoms. The lowest BCUT2D eigenvalue weighted by molar-refractivity contribution is 0.104. The minimum absolute atomic E-state index is 0.110. The van der Waals surface area contributed by atoms with E-state index in [0.717, 1.165) is 0 Å². The number of halogens is 1. The van der Waals surface area contributed by atoms with Crippen LogP contribution in [-0.4, -0.2) is 12.4 Å². The number of allylic oxidation sites excluding steroid dienone is 1. The van der Waals surface area contributed by atoms with Crippen LogP contribution in [0.25, 0.3) is 0 Å². The Morgan fingerprint density at radius 3 is 3.00 bits per heavy atom. The first kappa shape index (κ1) is 10.8. The van der Waals surface area contributed by atoms with Gasteiger partial charge in [-0.1, -0.05) is 23.7 Å². The van der Waals surface area contributed by atoms with Crippen molar-refractivity contribution in [2.45, 2.75) is 6.92 Å². The van der Waals surface area contributed by atoms with E-state index in [2.05, 4.69) is 0 Å². The maximum atomic E-state index is 11.4. The Kier molecular flexibility index (Phi) is 4.20. The fourth-order valence-electron chi connectivity index (χ4n) is 0.944. The molecule has 0 amide bonds. The Hall–Kier alpha value is -1.28. The van der Waals surface area contributed by atoms with Gasteiger partial charge < -0.3 is 4.74 Å². The first-order valence-corrected chi connectivity index (χ1v) is 4.70. The highest BCUT2D eigenvalue weighted by Crippen LogP contribution is 2.11. The van der Waals surface area contributed by atoms with Gasteiger partial charge in [0.15, 0.2) is 5.78 Å². The molecule has 0 aliphatic carbocycles. The summed E-state index contributed by atoms with van der Waals surface area (Å²) in [5.74, 6) is -0.110. The molecule has 0 bridgehead atoms. The van der Waals surface area contributed by atoms with Crippen molar-refractivity contribution in [3.8, 4) is 0 Å². The predicted molar refractivity (Wildman–Crippen MR) is 56.5 cm³/mol. The molecule has 0 aliphatic rings. The molecule has 0 spiro atoms. The van der Waals surface area contributed by atoms with E-state index >= 15 is 0 Å². The van der Waals surface area contributed by atoms with Crippen LogP contribution in [0.5, 0.6) is 0 Å². The molecule has 0 N–H and O–H groups in total. The van der Waals surface area contributed by atoms with Crippen LogP contribution in [0.1, 0.15) is 17.3 Å². The van der Waals surface area contributed by atoms with Crippen LogP contribution in [0.4, 0.5) is 0 Å². The first-order chi connectivity index (χ1) is 6.74. The van der Waals surface area contributed by atoms with Crippen molar-refractivity contribution in [2.75, 3.05) is 6.61 Å². The SMILES string of the molecule is CCO/C=C/C(=O)c1cccc(Cl)c1. The quantitative estimate of drug-likeness (QED) is 0.434. The molecule has 0 saturated heterocycles. The number of carbonyl (C=O) groups is 1. The van der Waals surface area contributed by atoms with Gasteiger partial charge in [0.25, 0.3) is 0 Å². The van der Waals surface area contributed by atoms with Crippen molar-refractivity contribution in [3.05, 3.63) is 47.2 Å². The summed E-state index contributed by atoms with van der Waals surface area (Å²) in [5, 5.41) is 0.556. The van der Waals surface area contributed by atoms with Crippen molar-refractivity contribution < 1.29 is 9.53 Å². The number of ether oxygens (including phenoxy) is 1. The molecule has 0 saturated carbocycles. The minimum atomic E-state index is -0.110. The van der Waals surface area contributed by atoms with Crippen molar-refractivity contribution in [2.24, 2.45) is 0 Å². The lowest BCUT2D eigenvalue weighted by Gasteiger charge is -1.96. The molecule has 0 fully saturated rings. The van der Waals surface area contributed by atoms with Gasteiger partial charge in [-0.3, -0.25) is 4.79 Å². The van der Waals surface area contributed by atoms with Crippen molar-refractivity contribution in [3.63, 3.8) is 0 Å². The highest BCUT2D eigenvalue weighted by Gasteiger charge is 2.01. The van der Waals surface area contributed by atoms with Crippen LogP contribution in [0.15, 0.2) is 36.6 Å². The molecule has 0 atom stereocenters. The van der Waals surface area contributed by atoms with Crippen LogP contribution in [0.3, 0.4) is 0 Å². The smallest absolute Gasteiger partial charge is 0.188 e. The summed E-state index contributed by atoms with van der Waals surface area (Å²) >= 11 is 5.74. The number of rotatable bonds is 4. The molecule has 1 rings (SSSR count). The second kappa shape index (κ2) is 5.45. The molecule has 0 aromatic heterocycles. The fourth-order valence-corrected chi connectivity index (χ4v) is 1.13. The van der Waals surface area contributed by atoms with E-state index in [1.807, 2.05) is 6.92 Å². The number of ketones is 1. The Balaban J connectivity index is 2.70. The van der Waals surface area contributed by atoms with Gasteiger partial charge in [-0.15, -0.1) is 0 Å². The fraction of sp³-hybridized carbons (Fsp3) is 0.182. The van der Waals surface area contributed by atoms with Crippen molar-refractivity contribution in [1.82, 2.24) is 0 Å². The van der Waals surface area contributed by atoms with Gasteiger partial charge in [0.2, 0.25) is 0 Å². The molecule has 0 heterocycles. The summed E-state index contributed by atoms with van der Waals surface area (Å²) < 4.78 is 4.92. The zero-order valence-corrected chi connectivity index (χ0v) is 8.62. The number of hydrogen-bond donors (Lipinski definition) is 0. The molecule has 1 aromatic rings. The highest BCUT2D eigenvalue weighted by atomic mass is 35.5. The second-order valence-corrected chi connectivity index (χ2v) is 3.07. The lowest BCUT2D eigenvalue weighted by atomic mass is 10.1. The van der Waals surface area contributed by atoms with Gasteiger partial charge in [-0.2, -0.15) is 0 Å². The molecule has 1 aromatic carbocycles. The average molecular weight is 211 g/mol. The Morgan fingerprint density at radius 1 is 1.57 bits per heavy atom. The van der Waals surface area contributed by atoms with E-state index in [9.17, 15) is 4.79 Å². The normalized spacial score (nSPS) is 10.4. The first-order valence-electron chi connectivity index (χ1n) is 4.32. The van der Waals surface area contributed by atoms with Crippen LogP contribution < -0.4 is 0 Å². The van der Waals surface area contributed by atoms with E-state index in [-0.39, 0.29) is 5.78 Å². The molecule has 0 aliphatic heterocycles. The van der Waals surface area contributed by atoms with Crippen LogP contribution in [-0.2, 0) is 4.74 Å². The summed E-state index contributed by atoms with van der Waals surface area (Å²) in [6.07, 6.45) is 2.78. The Bertz CT molecular complexity index is 345. The van der Waals surface area contributed by atoms with Crippen molar-refractivity contribution in [1.29, 1.82) is 0 Å². The number of carbonyl (C=O) groups excluding carboxylic acids is 1. The number of benzene rings is 1. The maximum Gasteiger partial charge on any atom is 0.188 e. The van der Waals surface area contributed by atoms with E-state index in [4.69, 9.17) is 16.3 Å². The van der Waals surface area contributed by atoms with Gasteiger partial charge in [-0.25, -0.2) is 0 Å². The molecule has 74 valence electrons. The Morgan fingerprint density at radius 2 is 2.36 bits per heavy atom. The van der Waals surface area contributed by atoms with E-state index in [1.165, 1.54) is 12.3 Å². The third kappa shape index (κ3) is 3.23. The largest absolute Gasteiger partial charge is 0.501 e. The predicted octanol–water partition coefficient (Wildman–Crippen LogP) is 3.07. The van der Waals surface area contributed by atoms with E-state index in [0.29, 0.717) is 17.2 Å². The molecular weight excluding hydrogens is 200 g/mol. The maximum absolute atomic E-state index is 11.4. The van der Waals surface area contributed by atoms with Crippen LogP contribution >= 0.6 is 11.6 Å².